The van der Waals surface area contributed by atoms with Crippen molar-refractivity contribution in [1.29, 1.82) is 0 Å². The molecule has 146 valence electrons. The summed E-state index contributed by atoms with van der Waals surface area (Å²) in [6, 6.07) is 15.8. The monoisotopic (exact) mass is 458 g/mol. The third-order valence-electron chi connectivity index (χ3n) is 4.28. The quantitative estimate of drug-likeness (QED) is 0.489. The Morgan fingerprint density at radius 3 is 2.36 bits per heavy atom. The van der Waals surface area contributed by atoms with Gasteiger partial charge < -0.3 is 4.74 Å². The maximum Gasteiger partial charge on any atom is 0.266 e. The highest BCUT2D eigenvalue weighted by molar-refractivity contribution is 9.10. The van der Waals surface area contributed by atoms with Gasteiger partial charge in [0.25, 0.3) is 5.91 Å². The predicted molar refractivity (Wildman–Crippen MR) is 119 cm³/mol. The Kier molecular flexibility index (Phi) is 6.20. The van der Waals surface area contributed by atoms with E-state index in [0.717, 1.165) is 15.7 Å². The zero-order valence-corrected chi connectivity index (χ0v) is 18.7. The molecular formula is C22H23BrN2O2S. The number of thiazole rings is 1. The van der Waals surface area contributed by atoms with Crippen LogP contribution in [0.2, 0.25) is 0 Å². The lowest BCUT2D eigenvalue weighted by Gasteiger charge is -2.20. The molecule has 0 saturated carbocycles. The van der Waals surface area contributed by atoms with E-state index in [-0.39, 0.29) is 11.3 Å². The third-order valence-corrected chi connectivity index (χ3v) is 5.56. The van der Waals surface area contributed by atoms with Crippen molar-refractivity contribution >= 4 is 38.3 Å². The third kappa shape index (κ3) is 5.20. The number of aromatic nitrogens is 1. The van der Waals surface area contributed by atoms with E-state index in [1.807, 2.05) is 53.9 Å². The Labute approximate surface area is 178 Å². The van der Waals surface area contributed by atoms with Crippen LogP contribution in [-0.4, -0.2) is 17.0 Å². The summed E-state index contributed by atoms with van der Waals surface area (Å²) in [6.45, 7) is 8.22. The Morgan fingerprint density at radius 1 is 1.11 bits per heavy atom. The van der Waals surface area contributed by atoms with Crippen molar-refractivity contribution in [3.05, 3.63) is 63.9 Å². The normalized spacial score (nSPS) is 12.5. The fraction of sp³-hybridized carbons (Fsp3) is 0.273. The van der Waals surface area contributed by atoms with Crippen LogP contribution in [0.25, 0.3) is 11.3 Å². The highest BCUT2D eigenvalue weighted by Gasteiger charge is 2.18. The number of carbonyl (C=O) groups excluding carboxylic acids is 1. The molecule has 2 aromatic carbocycles. The SMILES string of the molecule is CC(Oc1ccc(C(C)(C)C)cc1)C(=O)Nc1nc(-c2ccc(Br)cc2)cs1. The van der Waals surface area contributed by atoms with Crippen molar-refractivity contribution in [3.8, 4) is 17.0 Å². The first-order valence-electron chi connectivity index (χ1n) is 9.02. The van der Waals surface area contributed by atoms with Crippen LogP contribution in [0.3, 0.4) is 0 Å². The molecular weight excluding hydrogens is 436 g/mol. The molecule has 1 atom stereocenters. The molecule has 0 saturated heterocycles. The summed E-state index contributed by atoms with van der Waals surface area (Å²) in [4.78, 5) is 17.0. The van der Waals surface area contributed by atoms with Crippen molar-refractivity contribution in [2.45, 2.75) is 39.2 Å². The summed E-state index contributed by atoms with van der Waals surface area (Å²) in [6.07, 6.45) is -0.625. The molecule has 0 aliphatic heterocycles. The Balaban J connectivity index is 1.61. The minimum atomic E-state index is -0.625. The predicted octanol–water partition coefficient (Wildman–Crippen LogP) is 6.28. The van der Waals surface area contributed by atoms with E-state index < -0.39 is 6.10 Å². The summed E-state index contributed by atoms with van der Waals surface area (Å²) in [7, 11) is 0. The standard InChI is InChI=1S/C22H23BrN2O2S/c1-14(27-18-11-7-16(8-12-18)22(2,3)4)20(26)25-21-24-19(13-28-21)15-5-9-17(23)10-6-15/h5-14H,1-4H3,(H,24,25,26). The average Bonchev–Trinajstić information content (AvgIpc) is 3.10. The van der Waals surface area contributed by atoms with Crippen molar-refractivity contribution < 1.29 is 9.53 Å². The van der Waals surface area contributed by atoms with Crippen LogP contribution >= 0.6 is 27.3 Å². The second-order valence-electron chi connectivity index (χ2n) is 7.57. The van der Waals surface area contributed by atoms with Crippen LogP contribution in [-0.2, 0) is 10.2 Å². The van der Waals surface area contributed by atoms with Crippen molar-refractivity contribution in [3.63, 3.8) is 0 Å². The Hall–Kier alpha value is -2.18. The van der Waals surface area contributed by atoms with Gasteiger partial charge in [0, 0.05) is 15.4 Å². The van der Waals surface area contributed by atoms with E-state index >= 15 is 0 Å². The number of hydrogen-bond acceptors (Lipinski definition) is 4. The molecule has 3 aromatic rings. The summed E-state index contributed by atoms with van der Waals surface area (Å²) in [5.74, 6) is 0.446. The smallest absolute Gasteiger partial charge is 0.266 e. The van der Waals surface area contributed by atoms with E-state index in [4.69, 9.17) is 4.74 Å². The Morgan fingerprint density at radius 2 is 1.75 bits per heavy atom. The summed E-state index contributed by atoms with van der Waals surface area (Å²) < 4.78 is 6.80. The maximum absolute atomic E-state index is 12.5. The van der Waals surface area contributed by atoms with E-state index in [0.29, 0.717) is 10.9 Å². The van der Waals surface area contributed by atoms with Crippen LogP contribution < -0.4 is 10.1 Å². The van der Waals surface area contributed by atoms with Crippen LogP contribution in [0.15, 0.2) is 58.4 Å². The molecule has 0 radical (unpaired) electrons. The number of amides is 1. The van der Waals surface area contributed by atoms with Gasteiger partial charge >= 0.3 is 0 Å². The zero-order chi connectivity index (χ0) is 20.3. The van der Waals surface area contributed by atoms with Gasteiger partial charge in [-0.3, -0.25) is 10.1 Å². The molecule has 4 nitrogen and oxygen atoms in total. The summed E-state index contributed by atoms with van der Waals surface area (Å²) in [5, 5.41) is 5.32. The number of anilines is 1. The van der Waals surface area contributed by atoms with Gasteiger partial charge in [0.15, 0.2) is 11.2 Å². The van der Waals surface area contributed by atoms with Gasteiger partial charge in [0.05, 0.1) is 5.69 Å². The number of ether oxygens (including phenoxy) is 1. The van der Waals surface area contributed by atoms with E-state index in [1.54, 1.807) is 6.92 Å². The van der Waals surface area contributed by atoms with Crippen molar-refractivity contribution in [2.24, 2.45) is 0 Å². The Bertz CT molecular complexity index is 944. The van der Waals surface area contributed by atoms with Crippen LogP contribution in [0.1, 0.15) is 33.3 Å². The number of hydrogen-bond donors (Lipinski definition) is 1. The minimum absolute atomic E-state index is 0.0822. The molecule has 1 heterocycles. The van der Waals surface area contributed by atoms with Gasteiger partial charge in [0.2, 0.25) is 0 Å². The van der Waals surface area contributed by atoms with Gasteiger partial charge in [-0.05, 0) is 42.2 Å². The zero-order valence-electron chi connectivity index (χ0n) is 16.3. The van der Waals surface area contributed by atoms with Crippen LogP contribution in [0.5, 0.6) is 5.75 Å². The lowest BCUT2D eigenvalue weighted by atomic mass is 9.87. The van der Waals surface area contributed by atoms with Gasteiger partial charge in [-0.2, -0.15) is 0 Å². The highest BCUT2D eigenvalue weighted by Crippen LogP contribution is 2.27. The maximum atomic E-state index is 12.5. The number of rotatable bonds is 5. The first-order chi connectivity index (χ1) is 13.2. The molecule has 1 unspecified atom stereocenters. The number of nitrogens with one attached hydrogen (secondary N) is 1. The minimum Gasteiger partial charge on any atom is -0.481 e. The molecule has 6 heteroatoms. The van der Waals surface area contributed by atoms with Crippen LogP contribution in [0.4, 0.5) is 5.13 Å². The van der Waals surface area contributed by atoms with E-state index in [9.17, 15) is 4.79 Å². The van der Waals surface area contributed by atoms with Gasteiger partial charge in [-0.25, -0.2) is 4.98 Å². The van der Waals surface area contributed by atoms with Gasteiger partial charge in [-0.15, -0.1) is 11.3 Å². The molecule has 0 fully saturated rings. The fourth-order valence-corrected chi connectivity index (χ4v) is 3.57. The molecule has 0 spiro atoms. The fourth-order valence-electron chi connectivity index (χ4n) is 2.58. The first-order valence-corrected chi connectivity index (χ1v) is 10.7. The molecule has 3 rings (SSSR count). The van der Waals surface area contributed by atoms with E-state index in [2.05, 4.69) is 47.0 Å². The highest BCUT2D eigenvalue weighted by atomic mass is 79.9. The lowest BCUT2D eigenvalue weighted by Crippen LogP contribution is -2.30. The number of benzene rings is 2. The molecule has 1 N–H and O–H groups in total. The first kappa shape index (κ1) is 20.6. The van der Waals surface area contributed by atoms with Gasteiger partial charge in [-0.1, -0.05) is 61.0 Å². The summed E-state index contributed by atoms with van der Waals surface area (Å²) >= 11 is 4.82. The number of nitrogens with zero attached hydrogens (tertiary/aromatic N) is 1. The second-order valence-corrected chi connectivity index (χ2v) is 9.34. The second kappa shape index (κ2) is 8.45. The van der Waals surface area contributed by atoms with Crippen molar-refractivity contribution in [1.82, 2.24) is 4.98 Å². The molecule has 0 aliphatic rings. The molecule has 0 bridgehead atoms. The van der Waals surface area contributed by atoms with Gasteiger partial charge in [0.1, 0.15) is 5.75 Å². The van der Waals surface area contributed by atoms with E-state index in [1.165, 1.54) is 16.9 Å². The topological polar surface area (TPSA) is 51.2 Å². The molecule has 0 aliphatic carbocycles. The number of carbonyl (C=O) groups is 1. The molecule has 28 heavy (non-hydrogen) atoms. The van der Waals surface area contributed by atoms with Crippen molar-refractivity contribution in [2.75, 3.05) is 5.32 Å². The largest absolute Gasteiger partial charge is 0.481 e. The lowest BCUT2D eigenvalue weighted by molar-refractivity contribution is -0.122. The van der Waals surface area contributed by atoms with Crippen LogP contribution in [0, 0.1) is 0 Å². The summed E-state index contributed by atoms with van der Waals surface area (Å²) in [5.41, 5.74) is 3.14. The number of halogens is 1. The molecule has 1 amide bonds. The average molecular weight is 459 g/mol. The molecule has 1 aromatic heterocycles.